The maximum Gasteiger partial charge on any atom is 0.163 e. The van der Waals surface area contributed by atoms with Gasteiger partial charge in [-0.3, -0.25) is 0 Å². The Hall–Kier alpha value is -2.94. The molecule has 0 saturated heterocycles. The van der Waals surface area contributed by atoms with Crippen molar-refractivity contribution in [3.63, 3.8) is 0 Å². The minimum atomic E-state index is 0.512. The molecular formula is C22H23NO2. The van der Waals surface area contributed by atoms with Crippen LogP contribution in [-0.4, -0.2) is 6.54 Å². The molecule has 0 aliphatic heterocycles. The van der Waals surface area contributed by atoms with E-state index in [0.29, 0.717) is 13.2 Å². The molecule has 25 heavy (non-hydrogen) atoms. The van der Waals surface area contributed by atoms with Crippen molar-refractivity contribution in [1.29, 1.82) is 0 Å². The van der Waals surface area contributed by atoms with E-state index in [9.17, 15) is 0 Å². The van der Waals surface area contributed by atoms with E-state index >= 15 is 0 Å². The van der Waals surface area contributed by atoms with Crippen LogP contribution in [0.5, 0.6) is 11.5 Å². The van der Waals surface area contributed by atoms with Gasteiger partial charge in [0, 0.05) is 18.3 Å². The highest BCUT2D eigenvalue weighted by molar-refractivity contribution is 5.54. The van der Waals surface area contributed by atoms with E-state index < -0.39 is 0 Å². The summed E-state index contributed by atoms with van der Waals surface area (Å²) in [5.41, 5.74) is 3.29. The van der Waals surface area contributed by atoms with E-state index in [4.69, 9.17) is 9.47 Å². The number of hydrogen-bond acceptors (Lipinski definition) is 3. The average molecular weight is 333 g/mol. The molecule has 1 N–H and O–H groups in total. The Morgan fingerprint density at radius 2 is 1.24 bits per heavy atom. The third-order valence-corrected chi connectivity index (χ3v) is 3.80. The van der Waals surface area contributed by atoms with E-state index in [1.165, 1.54) is 0 Å². The predicted octanol–water partition coefficient (Wildman–Crippen LogP) is 5.28. The second kappa shape index (κ2) is 8.78. The molecule has 0 amide bonds. The first kappa shape index (κ1) is 16.9. The summed E-state index contributed by atoms with van der Waals surface area (Å²) >= 11 is 0. The minimum Gasteiger partial charge on any atom is -0.485 e. The fraction of sp³-hybridized carbons (Fsp3) is 0.182. The van der Waals surface area contributed by atoms with Gasteiger partial charge in [0.2, 0.25) is 0 Å². The first-order valence-electron chi connectivity index (χ1n) is 8.56. The molecule has 0 spiro atoms. The Bertz CT molecular complexity index is 773. The molecule has 0 aliphatic carbocycles. The second-order valence-electron chi connectivity index (χ2n) is 5.74. The molecule has 128 valence electrons. The lowest BCUT2D eigenvalue weighted by Crippen LogP contribution is -2.02. The highest BCUT2D eigenvalue weighted by atomic mass is 16.5. The first-order chi connectivity index (χ1) is 12.3. The van der Waals surface area contributed by atoms with E-state index in [0.717, 1.165) is 34.9 Å². The lowest BCUT2D eigenvalue weighted by Gasteiger charge is -2.15. The topological polar surface area (TPSA) is 30.5 Å². The van der Waals surface area contributed by atoms with Crippen LogP contribution in [0.25, 0.3) is 0 Å². The van der Waals surface area contributed by atoms with Gasteiger partial charge >= 0.3 is 0 Å². The molecule has 0 aromatic heterocycles. The molecule has 3 rings (SSSR count). The smallest absolute Gasteiger partial charge is 0.163 e. The zero-order valence-electron chi connectivity index (χ0n) is 14.4. The van der Waals surface area contributed by atoms with Crippen molar-refractivity contribution in [3.05, 3.63) is 90.0 Å². The lowest BCUT2D eigenvalue weighted by atomic mass is 10.2. The molecule has 0 atom stereocenters. The number of benzene rings is 3. The molecule has 3 aromatic carbocycles. The Labute approximate surface area is 149 Å². The summed E-state index contributed by atoms with van der Waals surface area (Å²) in [7, 11) is 0. The Morgan fingerprint density at radius 3 is 1.80 bits per heavy atom. The average Bonchev–Trinajstić information content (AvgIpc) is 2.67. The molecule has 0 bridgehead atoms. The highest BCUT2D eigenvalue weighted by Gasteiger charge is 2.08. The summed E-state index contributed by atoms with van der Waals surface area (Å²) in [5, 5.41) is 3.31. The fourth-order valence-electron chi connectivity index (χ4n) is 2.52. The number of nitrogens with one attached hydrogen (secondary N) is 1. The molecule has 0 unspecified atom stereocenters. The third kappa shape index (κ3) is 5.01. The van der Waals surface area contributed by atoms with Crippen LogP contribution in [-0.2, 0) is 13.2 Å². The van der Waals surface area contributed by atoms with Crippen LogP contribution in [0.1, 0.15) is 18.1 Å². The Morgan fingerprint density at radius 1 is 0.680 bits per heavy atom. The van der Waals surface area contributed by atoms with Gasteiger partial charge in [-0.2, -0.15) is 0 Å². The van der Waals surface area contributed by atoms with Crippen LogP contribution in [0.4, 0.5) is 5.69 Å². The van der Waals surface area contributed by atoms with E-state index in [1.54, 1.807) is 0 Å². The van der Waals surface area contributed by atoms with Crippen LogP contribution < -0.4 is 14.8 Å². The van der Waals surface area contributed by atoms with Crippen molar-refractivity contribution in [2.24, 2.45) is 0 Å². The van der Waals surface area contributed by atoms with Gasteiger partial charge in [0.25, 0.3) is 0 Å². The maximum atomic E-state index is 6.03. The fourth-order valence-corrected chi connectivity index (χ4v) is 2.52. The SMILES string of the molecule is CCNc1ccc(OCc2ccccc2)c(OCc2ccccc2)c1. The normalized spacial score (nSPS) is 10.3. The lowest BCUT2D eigenvalue weighted by molar-refractivity contribution is 0.256. The second-order valence-corrected chi connectivity index (χ2v) is 5.74. The van der Waals surface area contributed by atoms with Crippen molar-refractivity contribution in [2.75, 3.05) is 11.9 Å². The van der Waals surface area contributed by atoms with Gasteiger partial charge in [0.15, 0.2) is 11.5 Å². The Kier molecular flexibility index (Phi) is 5.94. The van der Waals surface area contributed by atoms with E-state index in [-0.39, 0.29) is 0 Å². The summed E-state index contributed by atoms with van der Waals surface area (Å²) in [6, 6.07) is 26.2. The molecule has 3 nitrogen and oxygen atoms in total. The maximum absolute atomic E-state index is 6.03. The molecule has 0 saturated carbocycles. The van der Waals surface area contributed by atoms with Crippen molar-refractivity contribution >= 4 is 5.69 Å². The largest absolute Gasteiger partial charge is 0.485 e. The molecule has 0 fully saturated rings. The van der Waals surface area contributed by atoms with Crippen LogP contribution >= 0.6 is 0 Å². The van der Waals surface area contributed by atoms with Crippen molar-refractivity contribution < 1.29 is 9.47 Å². The molecule has 3 heteroatoms. The van der Waals surface area contributed by atoms with Crippen LogP contribution in [0.2, 0.25) is 0 Å². The summed E-state index contributed by atoms with van der Waals surface area (Å²) in [5.74, 6) is 1.50. The molecule has 0 aliphatic rings. The molecule has 0 radical (unpaired) electrons. The van der Waals surface area contributed by atoms with Gasteiger partial charge in [0.1, 0.15) is 13.2 Å². The summed E-state index contributed by atoms with van der Waals surface area (Å²) in [4.78, 5) is 0. The number of ether oxygens (including phenoxy) is 2. The zero-order valence-corrected chi connectivity index (χ0v) is 14.4. The monoisotopic (exact) mass is 333 g/mol. The predicted molar refractivity (Wildman–Crippen MR) is 102 cm³/mol. The zero-order chi connectivity index (χ0) is 17.3. The quantitative estimate of drug-likeness (QED) is 0.608. The van der Waals surface area contributed by atoms with Crippen LogP contribution in [0.3, 0.4) is 0 Å². The summed E-state index contributed by atoms with van der Waals surface area (Å²) in [6.07, 6.45) is 0. The standard InChI is InChI=1S/C22H23NO2/c1-2-23-20-13-14-21(24-16-18-9-5-3-6-10-18)22(15-20)25-17-19-11-7-4-8-12-19/h3-15,23H,2,16-17H2,1H3. The van der Waals surface area contributed by atoms with E-state index in [2.05, 4.69) is 36.5 Å². The van der Waals surface area contributed by atoms with Crippen LogP contribution in [0.15, 0.2) is 78.9 Å². The first-order valence-corrected chi connectivity index (χ1v) is 8.56. The number of hydrogen-bond donors (Lipinski definition) is 1. The summed E-state index contributed by atoms with van der Waals surface area (Å²) in [6.45, 7) is 3.97. The van der Waals surface area contributed by atoms with Crippen molar-refractivity contribution in [2.45, 2.75) is 20.1 Å². The number of rotatable bonds is 8. The molecular weight excluding hydrogens is 310 g/mol. The van der Waals surface area contributed by atoms with Gasteiger partial charge in [-0.25, -0.2) is 0 Å². The van der Waals surface area contributed by atoms with Crippen LogP contribution in [0, 0.1) is 0 Å². The van der Waals surface area contributed by atoms with Gasteiger partial charge in [-0.15, -0.1) is 0 Å². The van der Waals surface area contributed by atoms with E-state index in [1.807, 2.05) is 54.6 Å². The van der Waals surface area contributed by atoms with Crippen molar-refractivity contribution in [1.82, 2.24) is 0 Å². The third-order valence-electron chi connectivity index (χ3n) is 3.80. The number of anilines is 1. The highest BCUT2D eigenvalue weighted by Crippen LogP contribution is 2.32. The summed E-state index contributed by atoms with van der Waals surface area (Å²) < 4.78 is 12.0. The van der Waals surface area contributed by atoms with Gasteiger partial charge in [0.05, 0.1) is 0 Å². The van der Waals surface area contributed by atoms with Gasteiger partial charge < -0.3 is 14.8 Å². The van der Waals surface area contributed by atoms with Gasteiger partial charge in [-0.05, 0) is 30.2 Å². The minimum absolute atomic E-state index is 0.512. The van der Waals surface area contributed by atoms with Crippen molar-refractivity contribution in [3.8, 4) is 11.5 Å². The Balaban J connectivity index is 1.73. The van der Waals surface area contributed by atoms with Gasteiger partial charge in [-0.1, -0.05) is 60.7 Å². The molecule has 3 aromatic rings. The molecule has 0 heterocycles.